The maximum atomic E-state index is 12.4. The zero-order valence-electron chi connectivity index (χ0n) is 16.4. The molecule has 150 valence electrons. The van der Waals surface area contributed by atoms with Crippen molar-refractivity contribution in [2.75, 3.05) is 6.26 Å². The monoisotopic (exact) mass is 395 g/mol. The number of ether oxygens (including phenoxy) is 1. The Morgan fingerprint density at radius 3 is 2.41 bits per heavy atom. The van der Waals surface area contributed by atoms with Crippen molar-refractivity contribution in [2.24, 2.45) is 11.8 Å². The van der Waals surface area contributed by atoms with Gasteiger partial charge in [0.2, 0.25) is 0 Å². The van der Waals surface area contributed by atoms with Gasteiger partial charge in [0.05, 0.1) is 11.3 Å². The fourth-order valence-corrected chi connectivity index (χ4v) is 4.21. The molecule has 27 heavy (non-hydrogen) atoms. The Morgan fingerprint density at radius 1 is 1.19 bits per heavy atom. The molecule has 0 radical (unpaired) electrons. The molecule has 0 aromatic heterocycles. The fraction of sp³-hybridized carbons (Fsp3) is 0.600. The Balaban J connectivity index is 1.91. The van der Waals surface area contributed by atoms with Gasteiger partial charge in [0.25, 0.3) is 5.91 Å². The van der Waals surface area contributed by atoms with E-state index in [2.05, 4.69) is 19.2 Å². The highest BCUT2D eigenvalue weighted by molar-refractivity contribution is 7.89. The van der Waals surface area contributed by atoms with E-state index in [-0.39, 0.29) is 23.3 Å². The van der Waals surface area contributed by atoms with E-state index >= 15 is 0 Å². The molecule has 0 heterocycles. The lowest BCUT2D eigenvalue weighted by atomic mass is 9.78. The molecule has 1 saturated carbocycles. The first kappa shape index (κ1) is 21.4. The van der Waals surface area contributed by atoms with Crippen LogP contribution in [0.1, 0.15) is 56.0 Å². The summed E-state index contributed by atoms with van der Waals surface area (Å²) in [5.41, 5.74) is 0.881. The van der Waals surface area contributed by atoms with Crippen LogP contribution in [0.15, 0.2) is 24.3 Å². The summed E-state index contributed by atoms with van der Waals surface area (Å²) in [5, 5.41) is 3.01. The van der Waals surface area contributed by atoms with Gasteiger partial charge in [0.15, 0.2) is 15.9 Å². The summed E-state index contributed by atoms with van der Waals surface area (Å²) < 4.78 is 27.9. The van der Waals surface area contributed by atoms with Crippen molar-refractivity contribution in [3.63, 3.8) is 0 Å². The fourth-order valence-electron chi connectivity index (χ4n) is 3.41. The highest BCUT2D eigenvalue weighted by Crippen LogP contribution is 2.29. The summed E-state index contributed by atoms with van der Waals surface area (Å²) in [6.45, 7) is 5.89. The van der Waals surface area contributed by atoms with Gasteiger partial charge in [-0.3, -0.25) is 4.79 Å². The highest BCUT2D eigenvalue weighted by atomic mass is 32.2. The SMILES string of the molecule is C[C@H]1[C@@H](NC(=O)[C@@H](C)OC(=O)c2ccc(CS(C)(=O)=O)cc2)CCC[C@@H]1C. The van der Waals surface area contributed by atoms with Gasteiger partial charge in [0, 0.05) is 12.3 Å². The Labute approximate surface area is 161 Å². The van der Waals surface area contributed by atoms with Crippen LogP contribution in [0, 0.1) is 11.8 Å². The van der Waals surface area contributed by atoms with Crippen LogP contribution >= 0.6 is 0 Å². The van der Waals surface area contributed by atoms with Crippen molar-refractivity contribution >= 4 is 21.7 Å². The molecule has 1 amide bonds. The van der Waals surface area contributed by atoms with E-state index in [0.29, 0.717) is 17.4 Å². The van der Waals surface area contributed by atoms with Crippen LogP contribution in [0.2, 0.25) is 0 Å². The molecule has 0 saturated heterocycles. The van der Waals surface area contributed by atoms with E-state index in [9.17, 15) is 18.0 Å². The summed E-state index contributed by atoms with van der Waals surface area (Å²) in [7, 11) is -3.13. The zero-order valence-corrected chi connectivity index (χ0v) is 17.2. The van der Waals surface area contributed by atoms with Crippen LogP contribution in [0.3, 0.4) is 0 Å². The molecule has 7 heteroatoms. The number of hydrogen-bond donors (Lipinski definition) is 1. The largest absolute Gasteiger partial charge is 0.449 e. The average molecular weight is 396 g/mol. The standard InChI is InChI=1S/C20H29NO5S/c1-13-6-5-7-18(14(13)2)21-19(22)15(3)26-20(23)17-10-8-16(9-11-17)12-27(4,24)25/h8-11,13-15,18H,5-7,12H2,1-4H3,(H,21,22)/t13-,14+,15+,18-/m0/s1. The third-order valence-electron chi connectivity index (χ3n) is 5.31. The first-order chi connectivity index (χ1) is 12.6. The lowest BCUT2D eigenvalue weighted by molar-refractivity contribution is -0.130. The molecule has 1 N–H and O–H groups in total. The lowest BCUT2D eigenvalue weighted by Gasteiger charge is -2.35. The number of esters is 1. The van der Waals surface area contributed by atoms with E-state index in [1.54, 1.807) is 19.1 Å². The average Bonchev–Trinajstić information content (AvgIpc) is 2.58. The normalized spacial score (nSPS) is 24.1. The lowest BCUT2D eigenvalue weighted by Crippen LogP contribution is -2.47. The highest BCUT2D eigenvalue weighted by Gasteiger charge is 2.30. The van der Waals surface area contributed by atoms with Gasteiger partial charge >= 0.3 is 5.97 Å². The number of rotatable bonds is 6. The van der Waals surface area contributed by atoms with Crippen LogP contribution in [-0.4, -0.2) is 38.7 Å². The number of hydrogen-bond acceptors (Lipinski definition) is 5. The molecular weight excluding hydrogens is 366 g/mol. The Hall–Kier alpha value is -1.89. The molecule has 6 nitrogen and oxygen atoms in total. The van der Waals surface area contributed by atoms with Crippen molar-refractivity contribution in [1.29, 1.82) is 0 Å². The molecular formula is C20H29NO5S. The molecule has 0 bridgehead atoms. The number of carbonyl (C=O) groups excluding carboxylic acids is 2. The minimum absolute atomic E-state index is 0.0842. The summed E-state index contributed by atoms with van der Waals surface area (Å²) in [4.78, 5) is 24.6. The maximum Gasteiger partial charge on any atom is 0.338 e. The molecule has 4 atom stereocenters. The molecule has 1 fully saturated rings. The van der Waals surface area contributed by atoms with E-state index in [1.165, 1.54) is 18.6 Å². The second kappa shape index (κ2) is 8.87. The zero-order chi connectivity index (χ0) is 20.2. The molecule has 1 aliphatic rings. The summed E-state index contributed by atoms with van der Waals surface area (Å²) >= 11 is 0. The van der Waals surface area contributed by atoms with Gasteiger partial charge in [-0.25, -0.2) is 13.2 Å². The van der Waals surface area contributed by atoms with Crippen LogP contribution in [0.5, 0.6) is 0 Å². The first-order valence-corrected chi connectivity index (χ1v) is 11.4. The second-order valence-electron chi connectivity index (χ2n) is 7.70. The van der Waals surface area contributed by atoms with Crippen LogP contribution < -0.4 is 5.32 Å². The predicted molar refractivity (Wildman–Crippen MR) is 104 cm³/mol. The number of nitrogens with one attached hydrogen (secondary N) is 1. The van der Waals surface area contributed by atoms with Crippen LogP contribution in [-0.2, 0) is 25.1 Å². The Morgan fingerprint density at radius 2 is 1.81 bits per heavy atom. The molecule has 2 rings (SSSR count). The summed E-state index contributed by atoms with van der Waals surface area (Å²) in [6, 6.07) is 6.29. The topological polar surface area (TPSA) is 89.5 Å². The third-order valence-corrected chi connectivity index (χ3v) is 6.16. The van der Waals surface area contributed by atoms with Crippen molar-refractivity contribution in [3.8, 4) is 0 Å². The van der Waals surface area contributed by atoms with Crippen molar-refractivity contribution in [2.45, 2.75) is 57.9 Å². The van der Waals surface area contributed by atoms with Crippen LogP contribution in [0.25, 0.3) is 0 Å². The number of amides is 1. The number of benzene rings is 1. The van der Waals surface area contributed by atoms with Crippen molar-refractivity contribution in [3.05, 3.63) is 35.4 Å². The smallest absolute Gasteiger partial charge is 0.338 e. The van der Waals surface area contributed by atoms with E-state index in [0.717, 1.165) is 19.1 Å². The second-order valence-corrected chi connectivity index (χ2v) is 9.84. The van der Waals surface area contributed by atoms with Gasteiger partial charge in [-0.15, -0.1) is 0 Å². The molecule has 0 aliphatic heterocycles. The summed E-state index contributed by atoms with van der Waals surface area (Å²) in [6.07, 6.45) is 3.47. The number of carbonyl (C=O) groups is 2. The third kappa shape index (κ3) is 6.34. The summed E-state index contributed by atoms with van der Waals surface area (Å²) in [5.74, 6) is -0.0176. The van der Waals surface area contributed by atoms with Gasteiger partial charge in [-0.1, -0.05) is 38.8 Å². The van der Waals surface area contributed by atoms with Crippen LogP contribution in [0.4, 0.5) is 0 Å². The van der Waals surface area contributed by atoms with E-state index < -0.39 is 21.9 Å². The number of sulfone groups is 1. The van der Waals surface area contributed by atoms with Crippen molar-refractivity contribution < 1.29 is 22.7 Å². The minimum Gasteiger partial charge on any atom is -0.449 e. The molecule has 1 aromatic rings. The molecule has 0 unspecified atom stereocenters. The first-order valence-electron chi connectivity index (χ1n) is 9.35. The van der Waals surface area contributed by atoms with E-state index in [4.69, 9.17) is 4.74 Å². The molecule has 1 aromatic carbocycles. The van der Waals surface area contributed by atoms with E-state index in [1.807, 2.05) is 0 Å². The Kier molecular flexibility index (Phi) is 7.03. The molecule has 1 aliphatic carbocycles. The van der Waals surface area contributed by atoms with Gasteiger partial charge in [-0.2, -0.15) is 0 Å². The predicted octanol–water partition coefficient (Wildman–Crippen LogP) is 2.72. The Bertz CT molecular complexity index is 772. The molecule has 0 spiro atoms. The van der Waals surface area contributed by atoms with Crippen molar-refractivity contribution in [1.82, 2.24) is 5.32 Å². The van der Waals surface area contributed by atoms with Gasteiger partial charge < -0.3 is 10.1 Å². The van der Waals surface area contributed by atoms with Gasteiger partial charge in [0.1, 0.15) is 0 Å². The van der Waals surface area contributed by atoms with Gasteiger partial charge in [-0.05, 0) is 42.9 Å². The minimum atomic E-state index is -3.13. The quantitative estimate of drug-likeness (QED) is 0.748. The maximum absolute atomic E-state index is 12.4.